The van der Waals surface area contributed by atoms with E-state index >= 15 is 0 Å². The fourth-order valence-electron chi connectivity index (χ4n) is 0.910. The van der Waals surface area contributed by atoms with Crippen LogP contribution in [0.1, 0.15) is 19.8 Å². The molecule has 0 spiro atoms. The molecular weight excluding hydrogens is 140 g/mol. The lowest BCUT2D eigenvalue weighted by atomic mass is 10.0. The van der Waals surface area contributed by atoms with Gasteiger partial charge in [-0.1, -0.05) is 0 Å². The summed E-state index contributed by atoms with van der Waals surface area (Å²) in [5.41, 5.74) is 0. The lowest BCUT2D eigenvalue weighted by Gasteiger charge is -2.32. The zero-order valence-corrected chi connectivity index (χ0v) is 6.19. The molecule has 0 radical (unpaired) electrons. The monoisotopic (exact) mass is 150 g/mol. The van der Waals surface area contributed by atoms with Gasteiger partial charge < -0.3 is 9.84 Å². The molecule has 2 nitrogen and oxygen atoms in total. The lowest BCUT2D eigenvalue weighted by molar-refractivity contribution is -0.143. The first-order valence-electron chi connectivity index (χ1n) is 3.11. The third-order valence-electron chi connectivity index (χ3n) is 1.60. The van der Waals surface area contributed by atoms with E-state index in [1.807, 2.05) is 0 Å². The summed E-state index contributed by atoms with van der Waals surface area (Å²) in [4.78, 5) is -0.557. The normalized spacial score (nSPS) is 45.0. The Kier molecular flexibility index (Phi) is 1.99. The van der Waals surface area contributed by atoms with Crippen LogP contribution in [0.25, 0.3) is 0 Å². The highest BCUT2D eigenvalue weighted by Gasteiger charge is 2.33. The van der Waals surface area contributed by atoms with Gasteiger partial charge in [0.2, 0.25) is 0 Å². The molecule has 1 rings (SSSR count). The van der Waals surface area contributed by atoms with E-state index in [1.165, 1.54) is 0 Å². The summed E-state index contributed by atoms with van der Waals surface area (Å²) in [7, 11) is 0. The third-order valence-corrected chi connectivity index (χ3v) is 1.98. The minimum Gasteiger partial charge on any atom is -0.366 e. The summed E-state index contributed by atoms with van der Waals surface area (Å²) < 4.78 is 4.92. The predicted molar refractivity (Wildman–Crippen MR) is 35.5 cm³/mol. The van der Waals surface area contributed by atoms with Gasteiger partial charge in [-0.15, -0.1) is 11.6 Å². The number of hydrogen-bond donors (Lipinski definition) is 1. The minimum absolute atomic E-state index is 0.557. The molecule has 0 unspecified atom stereocenters. The number of hydrogen-bond acceptors (Lipinski definition) is 2. The number of ether oxygens (including phenoxy) is 1. The van der Waals surface area contributed by atoms with Crippen LogP contribution in [0.2, 0.25) is 0 Å². The molecule has 0 bridgehead atoms. The van der Waals surface area contributed by atoms with Crippen LogP contribution in [0.4, 0.5) is 0 Å². The molecule has 9 heavy (non-hydrogen) atoms. The second kappa shape index (κ2) is 2.45. The van der Waals surface area contributed by atoms with E-state index in [1.54, 1.807) is 6.92 Å². The molecule has 1 aliphatic heterocycles. The molecule has 0 saturated carbocycles. The van der Waals surface area contributed by atoms with Gasteiger partial charge in [0.25, 0.3) is 0 Å². The predicted octanol–water partition coefficient (Wildman–Crippen LogP) is 1.11. The number of rotatable bonds is 0. The van der Waals surface area contributed by atoms with Crippen molar-refractivity contribution >= 4 is 11.6 Å². The zero-order chi connectivity index (χ0) is 6.91. The first kappa shape index (κ1) is 7.32. The SMILES string of the molecule is C[C@@]1(Cl)CCCO[C@@H]1O. The van der Waals surface area contributed by atoms with Crippen molar-refractivity contribution in [3.63, 3.8) is 0 Å². The smallest absolute Gasteiger partial charge is 0.173 e. The van der Waals surface area contributed by atoms with E-state index < -0.39 is 11.2 Å². The fraction of sp³-hybridized carbons (Fsp3) is 1.00. The highest BCUT2D eigenvalue weighted by Crippen LogP contribution is 2.29. The molecule has 1 heterocycles. The molecule has 1 N–H and O–H groups in total. The van der Waals surface area contributed by atoms with Crippen LogP contribution in [-0.4, -0.2) is 22.9 Å². The number of aliphatic hydroxyl groups excluding tert-OH is 1. The van der Waals surface area contributed by atoms with Gasteiger partial charge in [0.1, 0.15) is 0 Å². The van der Waals surface area contributed by atoms with Crippen LogP contribution < -0.4 is 0 Å². The molecule has 0 amide bonds. The molecule has 1 fully saturated rings. The molecule has 1 aliphatic rings. The molecule has 0 aromatic rings. The van der Waals surface area contributed by atoms with Gasteiger partial charge >= 0.3 is 0 Å². The zero-order valence-electron chi connectivity index (χ0n) is 5.43. The quantitative estimate of drug-likeness (QED) is 0.525. The van der Waals surface area contributed by atoms with Crippen LogP contribution in [0, 0.1) is 0 Å². The summed E-state index contributed by atoms with van der Waals surface area (Å²) in [6.07, 6.45) is 0.986. The summed E-state index contributed by atoms with van der Waals surface area (Å²) in [5, 5.41) is 9.08. The van der Waals surface area contributed by atoms with Crippen LogP contribution >= 0.6 is 11.6 Å². The van der Waals surface area contributed by atoms with Crippen molar-refractivity contribution in [2.75, 3.05) is 6.61 Å². The Morgan fingerprint density at radius 2 is 2.44 bits per heavy atom. The van der Waals surface area contributed by atoms with Crippen LogP contribution in [0.3, 0.4) is 0 Å². The van der Waals surface area contributed by atoms with Crippen molar-refractivity contribution in [3.8, 4) is 0 Å². The Hall–Kier alpha value is 0.210. The Morgan fingerprint density at radius 1 is 1.78 bits per heavy atom. The minimum atomic E-state index is -0.784. The largest absolute Gasteiger partial charge is 0.366 e. The Labute approximate surface area is 59.8 Å². The Morgan fingerprint density at radius 3 is 2.78 bits per heavy atom. The van der Waals surface area contributed by atoms with E-state index in [9.17, 15) is 0 Å². The molecule has 0 aromatic carbocycles. The van der Waals surface area contributed by atoms with Gasteiger partial charge in [-0.3, -0.25) is 0 Å². The van der Waals surface area contributed by atoms with E-state index in [2.05, 4.69) is 0 Å². The maximum absolute atomic E-state index is 9.08. The van der Waals surface area contributed by atoms with Gasteiger partial charge in [0, 0.05) is 6.61 Å². The average molecular weight is 151 g/mol. The summed E-state index contributed by atoms with van der Waals surface area (Å²) in [6.45, 7) is 2.42. The summed E-state index contributed by atoms with van der Waals surface area (Å²) in [5.74, 6) is 0. The topological polar surface area (TPSA) is 29.5 Å². The van der Waals surface area contributed by atoms with E-state index in [-0.39, 0.29) is 0 Å². The molecule has 54 valence electrons. The summed E-state index contributed by atoms with van der Waals surface area (Å²) in [6, 6.07) is 0. The van der Waals surface area contributed by atoms with Gasteiger partial charge in [-0.05, 0) is 19.8 Å². The van der Waals surface area contributed by atoms with Gasteiger partial charge in [0.15, 0.2) is 6.29 Å². The van der Waals surface area contributed by atoms with Crippen LogP contribution in [0.15, 0.2) is 0 Å². The number of alkyl halides is 1. The maximum Gasteiger partial charge on any atom is 0.173 e. The number of aliphatic hydroxyl groups is 1. The van der Waals surface area contributed by atoms with E-state index in [4.69, 9.17) is 21.4 Å². The number of halogens is 1. The average Bonchev–Trinajstić information content (AvgIpc) is 1.77. The van der Waals surface area contributed by atoms with E-state index in [0.717, 1.165) is 12.8 Å². The lowest BCUT2D eigenvalue weighted by Crippen LogP contribution is -2.40. The van der Waals surface area contributed by atoms with Gasteiger partial charge in [-0.2, -0.15) is 0 Å². The van der Waals surface area contributed by atoms with Crippen molar-refractivity contribution in [1.29, 1.82) is 0 Å². The van der Waals surface area contributed by atoms with Crippen LogP contribution in [0.5, 0.6) is 0 Å². The second-order valence-corrected chi connectivity index (χ2v) is 3.47. The Bertz CT molecular complexity index is 103. The second-order valence-electron chi connectivity index (χ2n) is 2.60. The molecule has 2 atom stereocenters. The van der Waals surface area contributed by atoms with Gasteiger partial charge in [0.05, 0.1) is 4.87 Å². The standard InChI is InChI=1S/C6H11ClO2/c1-6(7)3-2-4-9-5(6)8/h5,8H,2-4H2,1H3/t5-,6+/m0/s1. The molecule has 1 saturated heterocycles. The molecule has 0 aromatic heterocycles. The molecule has 3 heteroatoms. The first-order valence-corrected chi connectivity index (χ1v) is 3.49. The van der Waals surface area contributed by atoms with Crippen molar-refractivity contribution in [1.82, 2.24) is 0 Å². The van der Waals surface area contributed by atoms with Crippen molar-refractivity contribution in [2.45, 2.75) is 30.9 Å². The highest BCUT2D eigenvalue weighted by molar-refractivity contribution is 6.24. The highest BCUT2D eigenvalue weighted by atomic mass is 35.5. The van der Waals surface area contributed by atoms with Crippen LogP contribution in [-0.2, 0) is 4.74 Å². The molecular formula is C6H11ClO2. The maximum atomic E-state index is 9.08. The van der Waals surface area contributed by atoms with Crippen molar-refractivity contribution < 1.29 is 9.84 Å². The Balaban J connectivity index is 2.49. The summed E-state index contributed by atoms with van der Waals surface area (Å²) >= 11 is 5.85. The fourth-order valence-corrected chi connectivity index (χ4v) is 1.11. The van der Waals surface area contributed by atoms with Crippen molar-refractivity contribution in [2.24, 2.45) is 0 Å². The third kappa shape index (κ3) is 1.57. The van der Waals surface area contributed by atoms with Crippen molar-refractivity contribution in [3.05, 3.63) is 0 Å². The first-order chi connectivity index (χ1) is 4.13. The molecule has 0 aliphatic carbocycles. The van der Waals surface area contributed by atoms with E-state index in [0.29, 0.717) is 6.61 Å². The van der Waals surface area contributed by atoms with Gasteiger partial charge in [-0.25, -0.2) is 0 Å².